The van der Waals surface area contributed by atoms with Crippen molar-refractivity contribution < 1.29 is 13.6 Å². The van der Waals surface area contributed by atoms with Gasteiger partial charge in [-0.3, -0.25) is 4.79 Å². The zero-order valence-corrected chi connectivity index (χ0v) is 9.86. The Balaban J connectivity index is 2.04. The maximum atomic E-state index is 13.3. The van der Waals surface area contributed by atoms with Gasteiger partial charge in [0.2, 0.25) is 0 Å². The predicted molar refractivity (Wildman–Crippen MR) is 66.2 cm³/mol. The number of pyridine rings is 1. The van der Waals surface area contributed by atoms with E-state index in [1.54, 1.807) is 12.1 Å². The number of anilines is 1. The van der Waals surface area contributed by atoms with Gasteiger partial charge in [-0.15, -0.1) is 0 Å². The van der Waals surface area contributed by atoms with Crippen molar-refractivity contribution in [3.63, 3.8) is 0 Å². The Morgan fingerprint density at radius 2 is 2.05 bits per heavy atom. The van der Waals surface area contributed by atoms with Crippen LogP contribution in [0.3, 0.4) is 0 Å². The largest absolute Gasteiger partial charge is 0.384 e. The minimum Gasteiger partial charge on any atom is -0.384 e. The third-order valence-corrected chi connectivity index (χ3v) is 2.46. The first-order valence-corrected chi connectivity index (χ1v) is 5.51. The second kappa shape index (κ2) is 5.43. The molecule has 0 bridgehead atoms. The Labute approximate surface area is 108 Å². The lowest BCUT2D eigenvalue weighted by atomic mass is 10.2. The molecule has 0 spiro atoms. The van der Waals surface area contributed by atoms with Gasteiger partial charge in [0.05, 0.1) is 0 Å². The molecule has 4 nitrogen and oxygen atoms in total. The van der Waals surface area contributed by atoms with Gasteiger partial charge in [-0.2, -0.15) is 0 Å². The van der Waals surface area contributed by atoms with E-state index in [0.29, 0.717) is 0 Å². The van der Waals surface area contributed by atoms with E-state index in [0.717, 1.165) is 12.1 Å². The predicted octanol–water partition coefficient (Wildman–Crippen LogP) is 1.87. The summed E-state index contributed by atoms with van der Waals surface area (Å²) in [6.45, 7) is -0.0541. The number of hydrogen-bond donors (Lipinski definition) is 2. The van der Waals surface area contributed by atoms with Crippen LogP contribution in [0.5, 0.6) is 0 Å². The van der Waals surface area contributed by atoms with Gasteiger partial charge >= 0.3 is 0 Å². The van der Waals surface area contributed by atoms with Crippen LogP contribution in [0.4, 0.5) is 14.6 Å². The fourth-order valence-corrected chi connectivity index (χ4v) is 1.51. The van der Waals surface area contributed by atoms with Crippen LogP contribution >= 0.6 is 0 Å². The Morgan fingerprint density at radius 1 is 1.26 bits per heavy atom. The third kappa shape index (κ3) is 3.25. The number of nitrogens with two attached hydrogens (primary N) is 1. The molecule has 0 atom stereocenters. The van der Waals surface area contributed by atoms with Crippen molar-refractivity contribution in [2.24, 2.45) is 0 Å². The van der Waals surface area contributed by atoms with Crippen LogP contribution in [-0.4, -0.2) is 10.9 Å². The molecule has 0 saturated carbocycles. The molecule has 2 rings (SSSR count). The van der Waals surface area contributed by atoms with E-state index < -0.39 is 17.5 Å². The first-order chi connectivity index (χ1) is 9.06. The summed E-state index contributed by atoms with van der Waals surface area (Å²) in [5.41, 5.74) is 5.79. The van der Waals surface area contributed by atoms with E-state index in [1.807, 2.05) is 0 Å². The van der Waals surface area contributed by atoms with E-state index in [9.17, 15) is 13.6 Å². The molecule has 0 radical (unpaired) electrons. The number of carbonyl (C=O) groups is 1. The van der Waals surface area contributed by atoms with Crippen molar-refractivity contribution >= 4 is 11.7 Å². The summed E-state index contributed by atoms with van der Waals surface area (Å²) in [5, 5.41) is 2.48. The number of amides is 1. The van der Waals surface area contributed by atoms with E-state index >= 15 is 0 Å². The third-order valence-electron chi connectivity index (χ3n) is 2.46. The van der Waals surface area contributed by atoms with Crippen LogP contribution in [0.1, 0.15) is 16.1 Å². The molecule has 6 heteroatoms. The Bertz CT molecular complexity index is 617. The fourth-order valence-electron chi connectivity index (χ4n) is 1.51. The minimum absolute atomic E-state index is 0.0541. The highest BCUT2D eigenvalue weighted by molar-refractivity contribution is 5.92. The topological polar surface area (TPSA) is 68.0 Å². The van der Waals surface area contributed by atoms with Crippen molar-refractivity contribution in [3.05, 3.63) is 59.3 Å². The highest BCUT2D eigenvalue weighted by atomic mass is 19.1. The number of nitrogens with one attached hydrogen (secondary N) is 1. The number of nitrogen functional groups attached to an aromatic ring is 1. The molecule has 19 heavy (non-hydrogen) atoms. The second-order valence-electron chi connectivity index (χ2n) is 3.87. The van der Waals surface area contributed by atoms with Gasteiger partial charge in [0.1, 0.15) is 23.1 Å². The van der Waals surface area contributed by atoms with Crippen molar-refractivity contribution in [3.8, 4) is 0 Å². The van der Waals surface area contributed by atoms with Gasteiger partial charge in [0.25, 0.3) is 5.91 Å². The summed E-state index contributed by atoms with van der Waals surface area (Å²) in [7, 11) is 0. The monoisotopic (exact) mass is 263 g/mol. The maximum absolute atomic E-state index is 13.3. The number of benzene rings is 1. The number of rotatable bonds is 3. The van der Waals surface area contributed by atoms with Crippen LogP contribution in [0.15, 0.2) is 36.4 Å². The van der Waals surface area contributed by atoms with Gasteiger partial charge in [0.15, 0.2) is 0 Å². The van der Waals surface area contributed by atoms with Gasteiger partial charge in [-0.1, -0.05) is 12.1 Å². The summed E-state index contributed by atoms with van der Waals surface area (Å²) < 4.78 is 26.0. The molecule has 0 aliphatic rings. The molecular weight excluding hydrogens is 252 g/mol. The van der Waals surface area contributed by atoms with E-state index in [-0.39, 0.29) is 23.6 Å². The highest BCUT2D eigenvalue weighted by Crippen LogP contribution is 2.09. The molecule has 0 unspecified atom stereocenters. The van der Waals surface area contributed by atoms with Gasteiger partial charge in [-0.25, -0.2) is 13.8 Å². The maximum Gasteiger partial charge on any atom is 0.270 e. The molecule has 0 aliphatic heterocycles. The normalized spacial score (nSPS) is 10.2. The minimum atomic E-state index is -0.708. The van der Waals surface area contributed by atoms with Crippen LogP contribution < -0.4 is 11.1 Å². The van der Waals surface area contributed by atoms with Crippen LogP contribution in [0, 0.1) is 11.6 Å². The van der Waals surface area contributed by atoms with Gasteiger partial charge in [0, 0.05) is 18.2 Å². The molecule has 0 aliphatic carbocycles. The molecule has 0 saturated heterocycles. The van der Waals surface area contributed by atoms with Crippen molar-refractivity contribution in [1.82, 2.24) is 10.3 Å². The molecule has 1 amide bonds. The van der Waals surface area contributed by atoms with Gasteiger partial charge < -0.3 is 11.1 Å². The van der Waals surface area contributed by atoms with E-state index in [4.69, 9.17) is 5.73 Å². The van der Waals surface area contributed by atoms with E-state index in [2.05, 4.69) is 10.3 Å². The average molecular weight is 263 g/mol. The van der Waals surface area contributed by atoms with Crippen molar-refractivity contribution in [2.45, 2.75) is 6.54 Å². The summed E-state index contributed by atoms with van der Waals surface area (Å²) in [5.74, 6) is -1.62. The van der Waals surface area contributed by atoms with Crippen molar-refractivity contribution in [2.75, 3.05) is 5.73 Å². The van der Waals surface area contributed by atoms with Crippen LogP contribution in [-0.2, 0) is 6.54 Å². The lowest BCUT2D eigenvalue weighted by Crippen LogP contribution is -2.24. The average Bonchev–Trinajstić information content (AvgIpc) is 2.37. The molecule has 2 aromatic rings. The standard InChI is InChI=1S/C13H11F2N3O/c14-9-5-4-8(10(15)6-9)7-17-13(19)11-2-1-3-12(16)18-11/h1-6H,7H2,(H2,16,18)(H,17,19). The molecule has 1 heterocycles. The lowest BCUT2D eigenvalue weighted by Gasteiger charge is -2.06. The summed E-state index contributed by atoms with van der Waals surface area (Å²) in [6.07, 6.45) is 0. The highest BCUT2D eigenvalue weighted by Gasteiger charge is 2.09. The number of carbonyl (C=O) groups excluding carboxylic acids is 1. The van der Waals surface area contributed by atoms with Crippen LogP contribution in [0.2, 0.25) is 0 Å². The molecule has 1 aromatic carbocycles. The smallest absolute Gasteiger partial charge is 0.270 e. The molecule has 1 aromatic heterocycles. The first-order valence-electron chi connectivity index (χ1n) is 5.51. The Morgan fingerprint density at radius 3 is 2.74 bits per heavy atom. The molecule has 3 N–H and O–H groups in total. The second-order valence-corrected chi connectivity index (χ2v) is 3.87. The summed E-state index contributed by atoms with van der Waals surface area (Å²) in [6, 6.07) is 7.81. The summed E-state index contributed by atoms with van der Waals surface area (Å²) in [4.78, 5) is 15.6. The number of halogens is 2. The molecular formula is C13H11F2N3O. The summed E-state index contributed by atoms with van der Waals surface area (Å²) >= 11 is 0. The SMILES string of the molecule is Nc1cccc(C(=O)NCc2ccc(F)cc2F)n1. The van der Waals surface area contributed by atoms with Crippen LogP contribution in [0.25, 0.3) is 0 Å². The number of nitrogens with zero attached hydrogens (tertiary/aromatic N) is 1. The zero-order chi connectivity index (χ0) is 13.8. The molecule has 98 valence electrons. The Hall–Kier alpha value is -2.50. The number of aromatic nitrogens is 1. The Kier molecular flexibility index (Phi) is 3.70. The van der Waals surface area contributed by atoms with Gasteiger partial charge in [-0.05, 0) is 18.2 Å². The van der Waals surface area contributed by atoms with Crippen molar-refractivity contribution in [1.29, 1.82) is 0 Å². The first kappa shape index (κ1) is 12.9. The molecule has 0 fully saturated rings. The number of hydrogen-bond acceptors (Lipinski definition) is 3. The quantitative estimate of drug-likeness (QED) is 0.888. The zero-order valence-electron chi connectivity index (χ0n) is 9.86. The lowest BCUT2D eigenvalue weighted by molar-refractivity contribution is 0.0946. The fraction of sp³-hybridized carbons (Fsp3) is 0.0769. The van der Waals surface area contributed by atoms with E-state index in [1.165, 1.54) is 12.1 Å².